The van der Waals surface area contributed by atoms with E-state index < -0.39 is 0 Å². The maximum absolute atomic E-state index is 5.91. The molecule has 2 aromatic carbocycles. The summed E-state index contributed by atoms with van der Waals surface area (Å²) in [6, 6.07) is 11.7. The number of aryl methyl sites for hydroxylation is 2. The molecule has 2 N–H and O–H groups in total. The Morgan fingerprint density at radius 3 is 2.42 bits per heavy atom. The van der Waals surface area contributed by atoms with Gasteiger partial charge in [-0.05, 0) is 42.7 Å². The number of rotatable bonds is 4. The first kappa shape index (κ1) is 13.3. The molecule has 0 bridgehead atoms. The molecule has 2 rings (SSSR count). The molecule has 0 unspecified atom stereocenters. The fourth-order valence-electron chi connectivity index (χ4n) is 1.84. The van der Waals surface area contributed by atoms with Crippen LogP contribution in [0, 0.1) is 13.8 Å². The molecule has 0 spiro atoms. The maximum Gasteiger partial charge on any atom is 0.142 e. The Balaban J connectivity index is 2.07. The van der Waals surface area contributed by atoms with Crippen molar-refractivity contribution in [2.24, 2.45) is 0 Å². The summed E-state index contributed by atoms with van der Waals surface area (Å²) in [5, 5.41) is 0. The zero-order chi connectivity index (χ0) is 13.8. The van der Waals surface area contributed by atoms with E-state index in [-0.39, 0.29) is 0 Å². The Labute approximate surface area is 114 Å². The van der Waals surface area contributed by atoms with Crippen LogP contribution in [0.25, 0.3) is 0 Å². The van der Waals surface area contributed by atoms with Crippen molar-refractivity contribution in [1.29, 1.82) is 0 Å². The molecule has 0 aromatic heterocycles. The van der Waals surface area contributed by atoms with Gasteiger partial charge in [0.05, 0.1) is 12.8 Å². The van der Waals surface area contributed by atoms with E-state index in [0.717, 1.165) is 11.3 Å². The van der Waals surface area contributed by atoms with Gasteiger partial charge >= 0.3 is 0 Å². The molecule has 2 aromatic rings. The van der Waals surface area contributed by atoms with Crippen molar-refractivity contribution < 1.29 is 9.47 Å². The first-order chi connectivity index (χ1) is 9.10. The molecule has 0 radical (unpaired) electrons. The van der Waals surface area contributed by atoms with Gasteiger partial charge < -0.3 is 15.2 Å². The highest BCUT2D eigenvalue weighted by Gasteiger charge is 2.03. The molecule has 3 nitrogen and oxygen atoms in total. The quantitative estimate of drug-likeness (QED) is 0.853. The Morgan fingerprint density at radius 2 is 1.79 bits per heavy atom. The van der Waals surface area contributed by atoms with Crippen LogP contribution >= 0.6 is 0 Å². The summed E-state index contributed by atoms with van der Waals surface area (Å²) in [5.74, 6) is 1.41. The first-order valence-electron chi connectivity index (χ1n) is 6.22. The second kappa shape index (κ2) is 5.65. The minimum Gasteiger partial charge on any atom is -0.497 e. The lowest BCUT2D eigenvalue weighted by Gasteiger charge is -2.11. The highest BCUT2D eigenvalue weighted by Crippen LogP contribution is 2.27. The predicted octanol–water partition coefficient (Wildman–Crippen LogP) is 3.47. The molecule has 0 fully saturated rings. The number of methoxy groups -OCH3 is 1. The van der Waals surface area contributed by atoms with Crippen LogP contribution in [0.4, 0.5) is 5.69 Å². The predicted molar refractivity (Wildman–Crippen MR) is 77.7 cm³/mol. The molecule has 19 heavy (non-hydrogen) atoms. The third kappa shape index (κ3) is 3.19. The number of hydrogen-bond donors (Lipinski definition) is 1. The molecule has 0 saturated carbocycles. The summed E-state index contributed by atoms with van der Waals surface area (Å²) in [7, 11) is 1.62. The van der Waals surface area contributed by atoms with Crippen molar-refractivity contribution in [1.82, 2.24) is 0 Å². The molecule has 0 amide bonds. The van der Waals surface area contributed by atoms with Crippen molar-refractivity contribution in [3.05, 3.63) is 53.1 Å². The smallest absolute Gasteiger partial charge is 0.142 e. The lowest BCUT2D eigenvalue weighted by atomic mass is 10.1. The summed E-state index contributed by atoms with van der Waals surface area (Å²) in [5.41, 5.74) is 10.2. The van der Waals surface area contributed by atoms with Gasteiger partial charge in [0, 0.05) is 6.07 Å². The van der Waals surface area contributed by atoms with Crippen molar-refractivity contribution in [3.63, 3.8) is 0 Å². The van der Waals surface area contributed by atoms with E-state index in [2.05, 4.69) is 32.0 Å². The summed E-state index contributed by atoms with van der Waals surface area (Å²) in [6.07, 6.45) is 0. The number of nitrogen functional groups attached to an aromatic ring is 1. The van der Waals surface area contributed by atoms with Crippen LogP contribution in [0.1, 0.15) is 16.7 Å². The molecule has 0 heterocycles. The van der Waals surface area contributed by atoms with E-state index in [9.17, 15) is 0 Å². The van der Waals surface area contributed by atoms with Crippen molar-refractivity contribution in [2.45, 2.75) is 20.5 Å². The normalized spacial score (nSPS) is 10.3. The van der Waals surface area contributed by atoms with Crippen LogP contribution in [0.2, 0.25) is 0 Å². The van der Waals surface area contributed by atoms with Crippen LogP contribution in [-0.4, -0.2) is 7.11 Å². The SMILES string of the molecule is COc1ccc(OCc2ccc(C)c(C)c2)c(N)c1. The molecule has 0 atom stereocenters. The molecular formula is C16H19NO2. The minimum atomic E-state index is 0.512. The van der Waals surface area contributed by atoms with Crippen LogP contribution in [0.3, 0.4) is 0 Å². The molecular weight excluding hydrogens is 238 g/mol. The monoisotopic (exact) mass is 257 g/mol. The van der Waals surface area contributed by atoms with Gasteiger partial charge in [0.2, 0.25) is 0 Å². The van der Waals surface area contributed by atoms with Gasteiger partial charge in [0.15, 0.2) is 0 Å². The fourth-order valence-corrected chi connectivity index (χ4v) is 1.84. The zero-order valence-electron chi connectivity index (χ0n) is 11.6. The van der Waals surface area contributed by atoms with E-state index in [0.29, 0.717) is 18.0 Å². The lowest BCUT2D eigenvalue weighted by Crippen LogP contribution is -1.99. The highest BCUT2D eigenvalue weighted by atomic mass is 16.5. The van der Waals surface area contributed by atoms with Crippen molar-refractivity contribution in [3.8, 4) is 11.5 Å². The average Bonchev–Trinajstić information content (AvgIpc) is 2.41. The number of hydrogen-bond acceptors (Lipinski definition) is 3. The van der Waals surface area contributed by atoms with Crippen molar-refractivity contribution >= 4 is 5.69 Å². The van der Waals surface area contributed by atoms with Gasteiger partial charge in [0.1, 0.15) is 18.1 Å². The van der Waals surface area contributed by atoms with Gasteiger partial charge in [0.25, 0.3) is 0 Å². The number of nitrogens with two attached hydrogens (primary N) is 1. The Morgan fingerprint density at radius 1 is 1.00 bits per heavy atom. The summed E-state index contributed by atoms with van der Waals surface area (Å²) in [4.78, 5) is 0. The van der Waals surface area contributed by atoms with Gasteiger partial charge in [-0.3, -0.25) is 0 Å². The molecule has 0 aliphatic heterocycles. The van der Waals surface area contributed by atoms with Crippen LogP contribution < -0.4 is 15.2 Å². The number of anilines is 1. The summed E-state index contributed by atoms with van der Waals surface area (Å²) in [6.45, 7) is 4.71. The lowest BCUT2D eigenvalue weighted by molar-refractivity contribution is 0.307. The van der Waals surface area contributed by atoms with Gasteiger partial charge in [-0.2, -0.15) is 0 Å². The van der Waals surface area contributed by atoms with Crippen molar-refractivity contribution in [2.75, 3.05) is 12.8 Å². The second-order valence-corrected chi connectivity index (χ2v) is 4.61. The Bertz CT molecular complexity index is 579. The standard InChI is InChI=1S/C16H19NO2/c1-11-4-5-13(8-12(11)2)10-19-16-7-6-14(18-3)9-15(16)17/h4-9H,10,17H2,1-3H3. The first-order valence-corrected chi connectivity index (χ1v) is 6.22. The van der Waals surface area contributed by atoms with Gasteiger partial charge in [-0.15, -0.1) is 0 Å². The molecule has 0 saturated heterocycles. The average molecular weight is 257 g/mol. The fraction of sp³-hybridized carbons (Fsp3) is 0.250. The van der Waals surface area contributed by atoms with Crippen LogP contribution in [-0.2, 0) is 6.61 Å². The van der Waals surface area contributed by atoms with E-state index >= 15 is 0 Å². The summed E-state index contributed by atoms with van der Waals surface area (Å²) < 4.78 is 10.8. The Kier molecular flexibility index (Phi) is 3.95. The highest BCUT2D eigenvalue weighted by molar-refractivity contribution is 5.56. The minimum absolute atomic E-state index is 0.512. The van der Waals surface area contributed by atoms with Crippen LogP contribution in [0.15, 0.2) is 36.4 Å². The van der Waals surface area contributed by atoms with Crippen LogP contribution in [0.5, 0.6) is 11.5 Å². The summed E-state index contributed by atoms with van der Waals surface area (Å²) >= 11 is 0. The van der Waals surface area contributed by atoms with Gasteiger partial charge in [-0.25, -0.2) is 0 Å². The van der Waals surface area contributed by atoms with E-state index in [1.807, 2.05) is 12.1 Å². The molecule has 0 aliphatic carbocycles. The maximum atomic E-state index is 5.91. The molecule has 0 aliphatic rings. The molecule has 3 heteroatoms. The number of benzene rings is 2. The van der Waals surface area contributed by atoms with E-state index in [1.54, 1.807) is 13.2 Å². The van der Waals surface area contributed by atoms with E-state index in [4.69, 9.17) is 15.2 Å². The largest absolute Gasteiger partial charge is 0.497 e. The third-order valence-electron chi connectivity index (χ3n) is 3.18. The Hall–Kier alpha value is -2.16. The second-order valence-electron chi connectivity index (χ2n) is 4.61. The van der Waals surface area contributed by atoms with E-state index in [1.165, 1.54) is 11.1 Å². The molecule has 100 valence electrons. The third-order valence-corrected chi connectivity index (χ3v) is 3.18. The van der Waals surface area contributed by atoms with Gasteiger partial charge in [-0.1, -0.05) is 18.2 Å². The zero-order valence-corrected chi connectivity index (χ0v) is 11.6. The topological polar surface area (TPSA) is 44.5 Å². The number of ether oxygens (including phenoxy) is 2.